The Kier molecular flexibility index (Phi) is 5.47. The molecule has 1 aliphatic heterocycles. The zero-order valence-electron chi connectivity index (χ0n) is 20.7. The highest BCUT2D eigenvalue weighted by Gasteiger charge is 2.32. The maximum absolute atomic E-state index is 15.2. The third-order valence-corrected chi connectivity index (χ3v) is 6.99. The van der Waals surface area contributed by atoms with Crippen LogP contribution >= 0.6 is 11.6 Å². The molecule has 6 rings (SSSR count). The number of likely N-dealkylation sites (N-methyl/N-ethyl adjacent to an activating group) is 1. The molecule has 0 aliphatic carbocycles. The minimum absolute atomic E-state index is 0.0710. The van der Waals surface area contributed by atoms with Crippen molar-refractivity contribution in [2.45, 2.75) is 6.04 Å². The molecular weight excluding hydrogens is 509 g/mol. The van der Waals surface area contributed by atoms with Crippen molar-refractivity contribution >= 4 is 45.1 Å². The first-order valence-electron chi connectivity index (χ1n) is 11.7. The van der Waals surface area contributed by atoms with Gasteiger partial charge in [-0.3, -0.25) is 14.2 Å². The Morgan fingerprint density at radius 3 is 2.82 bits per heavy atom. The fourth-order valence-corrected chi connectivity index (χ4v) is 4.97. The number of hydrogen-bond acceptors (Lipinski definition) is 6. The van der Waals surface area contributed by atoms with E-state index >= 15 is 4.39 Å². The lowest BCUT2D eigenvalue weighted by molar-refractivity contribution is 0.0704. The summed E-state index contributed by atoms with van der Waals surface area (Å²) >= 11 is 6.08. The Balaban J connectivity index is 1.31. The van der Waals surface area contributed by atoms with Crippen molar-refractivity contribution in [2.24, 2.45) is 14.1 Å². The number of aryl methyl sites for hydroxylation is 2. The lowest BCUT2D eigenvalue weighted by atomic mass is 10.0. The van der Waals surface area contributed by atoms with Crippen molar-refractivity contribution in [3.8, 4) is 17.6 Å². The number of carbonyl (C=O) groups excluding carboxylic acids is 1. The van der Waals surface area contributed by atoms with Crippen LogP contribution in [-0.2, 0) is 14.1 Å². The molecule has 0 spiro atoms. The second-order valence-electron chi connectivity index (χ2n) is 9.13. The summed E-state index contributed by atoms with van der Waals surface area (Å²) in [4.78, 5) is 19.3. The third-order valence-electron chi connectivity index (χ3n) is 6.71. The van der Waals surface area contributed by atoms with E-state index in [0.717, 1.165) is 11.1 Å². The van der Waals surface area contributed by atoms with Gasteiger partial charge in [0.2, 0.25) is 0 Å². The molecule has 38 heavy (non-hydrogen) atoms. The van der Waals surface area contributed by atoms with Crippen LogP contribution < -0.4 is 10.5 Å². The quantitative estimate of drug-likeness (QED) is 0.348. The van der Waals surface area contributed by atoms with Gasteiger partial charge < -0.3 is 15.4 Å². The zero-order chi connectivity index (χ0) is 26.7. The Labute approximate surface area is 221 Å². The predicted octanol–water partition coefficient (Wildman–Crippen LogP) is 3.84. The molecular formula is C27H21ClFN7O2. The number of anilines is 1. The van der Waals surface area contributed by atoms with Crippen LogP contribution in [0.2, 0.25) is 5.15 Å². The van der Waals surface area contributed by atoms with Gasteiger partial charge in [0.25, 0.3) is 5.91 Å². The van der Waals surface area contributed by atoms with E-state index in [4.69, 9.17) is 22.1 Å². The highest BCUT2D eigenvalue weighted by molar-refractivity contribution is 6.30. The Morgan fingerprint density at radius 1 is 1.24 bits per heavy atom. The number of halogens is 2. The van der Waals surface area contributed by atoms with Crippen LogP contribution in [0.15, 0.2) is 42.7 Å². The monoisotopic (exact) mass is 529 g/mol. The van der Waals surface area contributed by atoms with Gasteiger partial charge in [-0.1, -0.05) is 29.5 Å². The molecule has 2 aromatic carbocycles. The molecule has 0 radical (unpaired) electrons. The minimum Gasteiger partial charge on any atom is -0.491 e. The van der Waals surface area contributed by atoms with Crippen LogP contribution in [-0.4, -0.2) is 49.0 Å². The van der Waals surface area contributed by atoms with E-state index in [2.05, 4.69) is 27.0 Å². The number of aromatic nitrogens is 5. The first-order chi connectivity index (χ1) is 18.2. The van der Waals surface area contributed by atoms with Crippen molar-refractivity contribution in [2.75, 3.05) is 19.4 Å². The molecule has 2 N–H and O–H groups in total. The number of ether oxygens (including phenoxy) is 1. The zero-order valence-corrected chi connectivity index (χ0v) is 21.4. The van der Waals surface area contributed by atoms with E-state index in [9.17, 15) is 4.79 Å². The van der Waals surface area contributed by atoms with Crippen molar-refractivity contribution in [1.82, 2.24) is 29.4 Å². The van der Waals surface area contributed by atoms with Gasteiger partial charge in [-0.05, 0) is 18.2 Å². The molecule has 1 aliphatic rings. The smallest absolute Gasteiger partial charge is 0.257 e. The number of nitrogen functional groups attached to an aromatic ring is 1. The molecule has 11 heteroatoms. The van der Waals surface area contributed by atoms with Crippen LogP contribution in [0, 0.1) is 17.7 Å². The highest BCUT2D eigenvalue weighted by Crippen LogP contribution is 2.37. The summed E-state index contributed by atoms with van der Waals surface area (Å²) in [6, 6.07) is 7.88. The van der Waals surface area contributed by atoms with Gasteiger partial charge in [0.05, 0.1) is 39.8 Å². The molecule has 1 atom stereocenters. The second-order valence-corrected chi connectivity index (χ2v) is 9.49. The average molecular weight is 530 g/mol. The molecule has 5 aromatic rings. The number of amides is 1. The number of rotatable bonds is 2. The second kappa shape index (κ2) is 8.75. The predicted molar refractivity (Wildman–Crippen MR) is 141 cm³/mol. The maximum Gasteiger partial charge on any atom is 0.257 e. The molecule has 0 saturated heterocycles. The fraction of sp³-hybridized carbons (Fsp3) is 0.185. The molecule has 1 amide bonds. The van der Waals surface area contributed by atoms with Crippen LogP contribution in [0.1, 0.15) is 33.1 Å². The first-order valence-corrected chi connectivity index (χ1v) is 12.0. The van der Waals surface area contributed by atoms with Crippen LogP contribution in [0.25, 0.3) is 21.8 Å². The largest absolute Gasteiger partial charge is 0.491 e. The third kappa shape index (κ3) is 3.79. The number of nitrogens with zero attached hydrogens (tertiary/aromatic N) is 6. The number of pyridine rings is 1. The lowest BCUT2D eigenvalue weighted by Gasteiger charge is -2.24. The number of hydrogen-bond donors (Lipinski definition) is 1. The maximum atomic E-state index is 15.2. The van der Waals surface area contributed by atoms with Crippen LogP contribution in [0.4, 0.5) is 10.2 Å². The number of benzene rings is 2. The summed E-state index contributed by atoms with van der Waals surface area (Å²) in [5, 5.41) is 9.88. The number of carbonyl (C=O) groups is 1. The summed E-state index contributed by atoms with van der Waals surface area (Å²) in [6.45, 7) is 0.238. The Bertz CT molecular complexity index is 1850. The lowest BCUT2D eigenvalue weighted by Crippen LogP contribution is -2.32. The van der Waals surface area contributed by atoms with E-state index in [1.54, 1.807) is 42.9 Å². The van der Waals surface area contributed by atoms with E-state index in [-0.39, 0.29) is 18.0 Å². The highest BCUT2D eigenvalue weighted by atomic mass is 35.5. The van der Waals surface area contributed by atoms with E-state index in [0.29, 0.717) is 38.3 Å². The van der Waals surface area contributed by atoms with Gasteiger partial charge in [0.15, 0.2) is 5.15 Å². The summed E-state index contributed by atoms with van der Waals surface area (Å²) in [6.07, 6.45) is 3.34. The molecule has 1 unspecified atom stereocenters. The van der Waals surface area contributed by atoms with Gasteiger partial charge in [-0.15, -0.1) is 0 Å². The summed E-state index contributed by atoms with van der Waals surface area (Å²) in [5.41, 5.74) is 9.16. The molecule has 9 nitrogen and oxygen atoms in total. The fourth-order valence-electron chi connectivity index (χ4n) is 4.75. The van der Waals surface area contributed by atoms with Gasteiger partial charge in [-0.25, -0.2) is 9.37 Å². The summed E-state index contributed by atoms with van der Waals surface area (Å²) < 4.78 is 24.3. The van der Waals surface area contributed by atoms with Crippen molar-refractivity contribution in [1.29, 1.82) is 0 Å². The normalized spacial score (nSPS) is 14.3. The van der Waals surface area contributed by atoms with Gasteiger partial charge >= 0.3 is 0 Å². The van der Waals surface area contributed by atoms with Gasteiger partial charge in [0.1, 0.15) is 24.0 Å². The van der Waals surface area contributed by atoms with E-state index in [1.807, 2.05) is 18.2 Å². The van der Waals surface area contributed by atoms with Crippen molar-refractivity contribution in [3.63, 3.8) is 0 Å². The molecule has 3 aromatic heterocycles. The molecule has 0 fully saturated rings. The molecule has 190 valence electrons. The minimum atomic E-state index is -0.679. The molecule has 4 heterocycles. The van der Waals surface area contributed by atoms with Crippen LogP contribution in [0.3, 0.4) is 0 Å². The topological polar surface area (TPSA) is 104 Å². The van der Waals surface area contributed by atoms with Crippen molar-refractivity contribution < 1.29 is 13.9 Å². The Hall–Kier alpha value is -4.62. The molecule has 0 bridgehead atoms. The first kappa shape index (κ1) is 23.8. The SMILES string of the molecule is CN(C(=O)c1cc2c(cc1F)nc(N)c1cnn(C)c12)C1COc2cc(C#Cc3cn(C)nc3Cl)ccc21. The van der Waals surface area contributed by atoms with Crippen LogP contribution in [0.5, 0.6) is 5.75 Å². The summed E-state index contributed by atoms with van der Waals surface area (Å²) in [5.74, 6) is 5.79. The van der Waals surface area contributed by atoms with E-state index < -0.39 is 17.8 Å². The van der Waals surface area contributed by atoms with Gasteiger partial charge in [0, 0.05) is 49.9 Å². The average Bonchev–Trinajstić information content (AvgIpc) is 3.58. The van der Waals surface area contributed by atoms with E-state index in [1.165, 1.54) is 17.0 Å². The van der Waals surface area contributed by atoms with Gasteiger partial charge in [-0.2, -0.15) is 10.2 Å². The Morgan fingerprint density at radius 2 is 2.05 bits per heavy atom. The standard InChI is InChI=1S/C27H21ClFN7O2/c1-34-12-15(25(28)33-34)6-4-14-5-7-16-22(13-38-23(16)8-14)35(2)27(37)17-9-18-21(10-20(17)29)32-26(30)19-11-31-36(3)24(18)19/h5,7-12,22H,13H2,1-3H3,(H2,30,32). The molecule has 0 saturated carbocycles. The number of nitrogens with two attached hydrogens (primary N) is 1. The number of fused-ring (bicyclic) bond motifs is 4. The summed E-state index contributed by atoms with van der Waals surface area (Å²) in [7, 11) is 5.16. The van der Waals surface area contributed by atoms with Crippen molar-refractivity contribution in [3.05, 3.63) is 75.9 Å².